The van der Waals surface area contributed by atoms with E-state index in [0.717, 1.165) is 16.3 Å². The van der Waals surface area contributed by atoms with E-state index in [1.807, 2.05) is 37.4 Å². The fourth-order valence-electron chi connectivity index (χ4n) is 4.13. The Morgan fingerprint density at radius 1 is 1.09 bits per heavy atom. The van der Waals surface area contributed by atoms with Crippen molar-refractivity contribution in [3.05, 3.63) is 78.4 Å². The van der Waals surface area contributed by atoms with Crippen LogP contribution in [0.4, 0.5) is 14.9 Å². The Hall–Kier alpha value is -3.78. The number of likely N-dealkylation sites (N-methyl/N-ethyl adjacent to an activating group) is 1. The van der Waals surface area contributed by atoms with Gasteiger partial charge in [0.05, 0.1) is 6.04 Å². The maximum absolute atomic E-state index is 13.3. The predicted octanol–water partition coefficient (Wildman–Crippen LogP) is 4.60. The van der Waals surface area contributed by atoms with Gasteiger partial charge < -0.3 is 15.2 Å². The van der Waals surface area contributed by atoms with Crippen molar-refractivity contribution in [3.63, 3.8) is 0 Å². The summed E-state index contributed by atoms with van der Waals surface area (Å²) in [5, 5.41) is 12.0. The number of halogens is 1. The molecule has 1 aromatic heterocycles. The number of likely N-dealkylation sites (tertiary alicyclic amines) is 1. The molecule has 4 aromatic rings. The zero-order chi connectivity index (χ0) is 22.1. The Kier molecular flexibility index (Phi) is 5.28. The maximum Gasteiger partial charge on any atom is 0.319 e. The summed E-state index contributed by atoms with van der Waals surface area (Å²) in [4.78, 5) is 19.0. The highest BCUT2D eigenvalue weighted by molar-refractivity contribution is 5.89. The Morgan fingerprint density at radius 2 is 1.94 bits per heavy atom. The van der Waals surface area contributed by atoms with Gasteiger partial charge in [-0.25, -0.2) is 9.18 Å². The minimum absolute atomic E-state index is 0.101. The van der Waals surface area contributed by atoms with Crippen molar-refractivity contribution in [1.29, 1.82) is 0 Å². The van der Waals surface area contributed by atoms with E-state index in [-0.39, 0.29) is 18.1 Å². The number of nitrogens with zero attached hydrogens (tertiary/aromatic N) is 3. The van der Waals surface area contributed by atoms with E-state index in [1.54, 1.807) is 12.1 Å². The Balaban J connectivity index is 1.25. The third-order valence-corrected chi connectivity index (χ3v) is 5.70. The van der Waals surface area contributed by atoms with Crippen LogP contribution < -0.4 is 10.6 Å². The van der Waals surface area contributed by atoms with Crippen molar-refractivity contribution in [2.45, 2.75) is 18.5 Å². The van der Waals surface area contributed by atoms with Gasteiger partial charge in [-0.15, -0.1) is 0 Å². The SMILES string of the molecule is CN1C[C@@H](NC(=O)Nc2cccc(F)c2)C[C@H]1c1nc(-c2ccc3ccccc3c2)no1. The molecule has 0 aliphatic carbocycles. The molecular weight excluding hydrogens is 409 g/mol. The van der Waals surface area contributed by atoms with E-state index in [4.69, 9.17) is 4.52 Å². The van der Waals surface area contributed by atoms with Crippen molar-refractivity contribution in [2.24, 2.45) is 0 Å². The summed E-state index contributed by atoms with van der Waals surface area (Å²) in [5.74, 6) is 0.659. The van der Waals surface area contributed by atoms with Gasteiger partial charge in [-0.3, -0.25) is 4.90 Å². The van der Waals surface area contributed by atoms with Crippen LogP contribution in [0.5, 0.6) is 0 Å². The van der Waals surface area contributed by atoms with Crippen LogP contribution >= 0.6 is 0 Å². The van der Waals surface area contributed by atoms with Crippen molar-refractivity contribution in [1.82, 2.24) is 20.4 Å². The molecule has 0 saturated carbocycles. The van der Waals surface area contributed by atoms with Crippen LogP contribution in [0.1, 0.15) is 18.4 Å². The second-order valence-electron chi connectivity index (χ2n) is 8.01. The van der Waals surface area contributed by atoms with Crippen molar-refractivity contribution in [3.8, 4) is 11.4 Å². The van der Waals surface area contributed by atoms with Gasteiger partial charge in [0.1, 0.15) is 5.82 Å². The molecule has 0 spiro atoms. The highest BCUT2D eigenvalue weighted by Crippen LogP contribution is 2.31. The second kappa shape index (κ2) is 8.39. The number of benzene rings is 3. The number of amides is 2. The molecule has 32 heavy (non-hydrogen) atoms. The summed E-state index contributed by atoms with van der Waals surface area (Å²) in [6, 6.07) is 19.4. The number of carbonyl (C=O) groups excluding carboxylic acids is 1. The second-order valence-corrected chi connectivity index (χ2v) is 8.01. The predicted molar refractivity (Wildman–Crippen MR) is 120 cm³/mol. The number of hydrogen-bond donors (Lipinski definition) is 2. The third-order valence-electron chi connectivity index (χ3n) is 5.70. The minimum Gasteiger partial charge on any atom is -0.337 e. The van der Waals surface area contributed by atoms with Crippen molar-refractivity contribution < 1.29 is 13.7 Å². The lowest BCUT2D eigenvalue weighted by Crippen LogP contribution is -2.39. The van der Waals surface area contributed by atoms with Crippen LogP contribution in [-0.2, 0) is 0 Å². The quantitative estimate of drug-likeness (QED) is 0.494. The molecule has 2 amide bonds. The number of nitrogens with one attached hydrogen (secondary N) is 2. The van der Waals surface area contributed by atoms with E-state index < -0.39 is 5.82 Å². The maximum atomic E-state index is 13.3. The molecule has 1 aliphatic heterocycles. The lowest BCUT2D eigenvalue weighted by molar-refractivity contribution is 0.243. The molecule has 5 rings (SSSR count). The highest BCUT2D eigenvalue weighted by Gasteiger charge is 2.35. The molecule has 3 aromatic carbocycles. The molecule has 0 radical (unpaired) electrons. The number of fused-ring (bicyclic) bond motifs is 1. The molecule has 1 aliphatic rings. The number of hydrogen-bond acceptors (Lipinski definition) is 5. The number of urea groups is 1. The van der Waals surface area contributed by atoms with E-state index >= 15 is 0 Å². The average Bonchev–Trinajstić information content (AvgIpc) is 3.40. The first-order chi connectivity index (χ1) is 15.5. The number of anilines is 1. The van der Waals surface area contributed by atoms with Crippen LogP contribution in [0.3, 0.4) is 0 Å². The Bertz CT molecular complexity index is 1270. The average molecular weight is 431 g/mol. The highest BCUT2D eigenvalue weighted by atomic mass is 19.1. The molecule has 2 N–H and O–H groups in total. The van der Waals surface area contributed by atoms with Crippen LogP contribution in [-0.4, -0.2) is 40.7 Å². The van der Waals surface area contributed by atoms with E-state index in [1.165, 1.54) is 12.1 Å². The molecule has 2 atom stereocenters. The zero-order valence-electron chi connectivity index (χ0n) is 17.5. The Labute approximate surface area is 184 Å². The lowest BCUT2D eigenvalue weighted by Gasteiger charge is -2.14. The third kappa shape index (κ3) is 4.17. The van der Waals surface area contributed by atoms with Gasteiger partial charge >= 0.3 is 6.03 Å². The number of aromatic nitrogens is 2. The summed E-state index contributed by atoms with van der Waals surface area (Å²) in [5.41, 5.74) is 1.30. The standard InChI is InChI=1S/C24H22FN5O2/c1-30-14-20(27-24(31)26-19-8-4-7-18(25)12-19)13-21(30)23-28-22(29-32-23)17-10-9-15-5-2-3-6-16(15)11-17/h2-12,20-21H,13-14H2,1H3,(H2,26,27,31)/t20-,21-/m0/s1. The molecule has 1 saturated heterocycles. The number of rotatable bonds is 4. The van der Waals surface area contributed by atoms with Gasteiger partial charge in [-0.05, 0) is 48.5 Å². The summed E-state index contributed by atoms with van der Waals surface area (Å²) in [6.45, 7) is 0.634. The lowest BCUT2D eigenvalue weighted by atomic mass is 10.1. The van der Waals surface area contributed by atoms with E-state index in [0.29, 0.717) is 30.4 Å². The van der Waals surface area contributed by atoms with Crippen molar-refractivity contribution >= 4 is 22.5 Å². The fourth-order valence-corrected chi connectivity index (χ4v) is 4.13. The largest absolute Gasteiger partial charge is 0.337 e. The molecule has 2 heterocycles. The number of carbonyl (C=O) groups is 1. The van der Waals surface area contributed by atoms with Gasteiger partial charge in [0.25, 0.3) is 0 Å². The van der Waals surface area contributed by atoms with Gasteiger partial charge in [0.2, 0.25) is 11.7 Å². The molecular formula is C24H22FN5O2. The molecule has 0 bridgehead atoms. The monoisotopic (exact) mass is 431 g/mol. The van der Waals surface area contributed by atoms with E-state index in [2.05, 4.69) is 37.8 Å². The summed E-state index contributed by atoms with van der Waals surface area (Å²) in [6.07, 6.45) is 0.631. The van der Waals surface area contributed by atoms with Crippen LogP contribution in [0, 0.1) is 5.82 Å². The molecule has 8 heteroatoms. The molecule has 0 unspecified atom stereocenters. The van der Waals surface area contributed by atoms with Crippen LogP contribution in [0.2, 0.25) is 0 Å². The van der Waals surface area contributed by atoms with Crippen molar-refractivity contribution in [2.75, 3.05) is 18.9 Å². The minimum atomic E-state index is -0.401. The normalized spacial score (nSPS) is 18.7. The van der Waals surface area contributed by atoms with Crippen LogP contribution in [0.25, 0.3) is 22.2 Å². The van der Waals surface area contributed by atoms with Gasteiger partial charge in [0, 0.05) is 23.8 Å². The summed E-state index contributed by atoms with van der Waals surface area (Å²) in [7, 11) is 1.96. The van der Waals surface area contributed by atoms with Gasteiger partial charge in [-0.1, -0.05) is 47.6 Å². The zero-order valence-corrected chi connectivity index (χ0v) is 17.5. The van der Waals surface area contributed by atoms with Gasteiger partial charge in [-0.2, -0.15) is 4.98 Å². The topological polar surface area (TPSA) is 83.3 Å². The first kappa shape index (κ1) is 20.1. The first-order valence-electron chi connectivity index (χ1n) is 10.4. The summed E-state index contributed by atoms with van der Waals surface area (Å²) < 4.78 is 18.9. The van der Waals surface area contributed by atoms with Crippen LogP contribution in [0.15, 0.2) is 71.3 Å². The first-order valence-corrected chi connectivity index (χ1v) is 10.4. The fraction of sp³-hybridized carbons (Fsp3) is 0.208. The van der Waals surface area contributed by atoms with Gasteiger partial charge in [0.15, 0.2) is 0 Å². The smallest absolute Gasteiger partial charge is 0.319 e. The molecule has 7 nitrogen and oxygen atoms in total. The molecule has 162 valence electrons. The van der Waals surface area contributed by atoms with E-state index in [9.17, 15) is 9.18 Å². The Morgan fingerprint density at radius 3 is 2.78 bits per heavy atom. The summed E-state index contributed by atoms with van der Waals surface area (Å²) >= 11 is 0. The molecule has 1 fully saturated rings.